The number of nitrogens with one attached hydrogen (secondary N) is 2. The van der Waals surface area contributed by atoms with Gasteiger partial charge in [0.05, 0.1) is 37.0 Å². The largest absolute Gasteiger partial charge is 0.377 e. The van der Waals surface area contributed by atoms with Crippen LogP contribution in [0.25, 0.3) is 22.4 Å². The van der Waals surface area contributed by atoms with E-state index in [-0.39, 0.29) is 24.0 Å². The lowest BCUT2D eigenvalue weighted by Gasteiger charge is -2.14. The zero-order valence-electron chi connectivity index (χ0n) is 18.3. The van der Waals surface area contributed by atoms with Gasteiger partial charge in [-0.25, -0.2) is 23.7 Å². The Balaban J connectivity index is 1.70. The lowest BCUT2D eigenvalue weighted by atomic mass is 10.1. The molecule has 4 aromatic rings. The van der Waals surface area contributed by atoms with Crippen LogP contribution < -0.4 is 10.9 Å². The predicted octanol–water partition coefficient (Wildman–Crippen LogP) is 3.54. The average molecular weight is 454 g/mol. The molecule has 0 fully saturated rings. The van der Waals surface area contributed by atoms with Crippen molar-refractivity contribution in [3.63, 3.8) is 0 Å². The van der Waals surface area contributed by atoms with Crippen molar-refractivity contribution in [3.05, 3.63) is 70.5 Å². The molecule has 0 atom stereocenters. The summed E-state index contributed by atoms with van der Waals surface area (Å²) in [5, 5.41) is 3.08. The Hall–Kier alpha value is -3.66. The van der Waals surface area contributed by atoms with Crippen LogP contribution in [0.3, 0.4) is 0 Å². The molecular weight excluding hydrogens is 430 g/mol. The van der Waals surface area contributed by atoms with Crippen molar-refractivity contribution in [3.8, 4) is 11.3 Å². The zero-order chi connectivity index (χ0) is 23.4. The van der Waals surface area contributed by atoms with Crippen molar-refractivity contribution in [2.45, 2.75) is 32.9 Å². The SMILES string of the molecule is CC(C)OCCn1c(=O)c(NCCc2c[nH]cn2)nc2ccc(-c3ccc(F)c(F)c3)nc21. The molecule has 0 aliphatic rings. The Bertz CT molecular complexity index is 1300. The zero-order valence-corrected chi connectivity index (χ0v) is 18.3. The number of H-pyrrole nitrogens is 1. The molecule has 1 aromatic carbocycles. The number of benzene rings is 1. The van der Waals surface area contributed by atoms with Gasteiger partial charge in [-0.15, -0.1) is 0 Å². The molecule has 0 radical (unpaired) electrons. The fourth-order valence-electron chi connectivity index (χ4n) is 3.37. The minimum Gasteiger partial charge on any atom is -0.377 e. The van der Waals surface area contributed by atoms with Gasteiger partial charge in [-0.3, -0.25) is 9.36 Å². The quantitative estimate of drug-likeness (QED) is 0.402. The van der Waals surface area contributed by atoms with Gasteiger partial charge in [0.25, 0.3) is 5.56 Å². The van der Waals surface area contributed by atoms with Gasteiger partial charge >= 0.3 is 0 Å². The van der Waals surface area contributed by atoms with E-state index in [1.807, 2.05) is 13.8 Å². The van der Waals surface area contributed by atoms with Crippen LogP contribution in [0, 0.1) is 11.6 Å². The monoisotopic (exact) mass is 454 g/mol. The average Bonchev–Trinajstić information content (AvgIpc) is 3.31. The Kier molecular flexibility index (Phi) is 6.74. The van der Waals surface area contributed by atoms with E-state index >= 15 is 0 Å². The second kappa shape index (κ2) is 9.86. The van der Waals surface area contributed by atoms with Gasteiger partial charge in [0.15, 0.2) is 23.1 Å². The minimum atomic E-state index is -0.966. The van der Waals surface area contributed by atoms with E-state index in [0.29, 0.717) is 42.0 Å². The van der Waals surface area contributed by atoms with E-state index < -0.39 is 11.6 Å². The van der Waals surface area contributed by atoms with Gasteiger partial charge in [0, 0.05) is 24.7 Å². The molecule has 0 aliphatic carbocycles. The number of fused-ring (bicyclic) bond motifs is 1. The first-order valence-electron chi connectivity index (χ1n) is 10.6. The number of ether oxygens (including phenoxy) is 1. The number of pyridine rings is 1. The molecule has 0 amide bonds. The molecule has 0 saturated heterocycles. The molecule has 2 N–H and O–H groups in total. The number of hydrogen-bond acceptors (Lipinski definition) is 6. The van der Waals surface area contributed by atoms with E-state index in [2.05, 4.69) is 25.3 Å². The number of halogens is 2. The summed E-state index contributed by atoms with van der Waals surface area (Å²) in [6.45, 7) is 4.87. The maximum Gasteiger partial charge on any atom is 0.295 e. The smallest absolute Gasteiger partial charge is 0.295 e. The molecule has 0 spiro atoms. The van der Waals surface area contributed by atoms with E-state index in [1.165, 1.54) is 10.6 Å². The molecule has 3 heterocycles. The Morgan fingerprint density at radius 1 is 1.15 bits per heavy atom. The Labute approximate surface area is 188 Å². The highest BCUT2D eigenvalue weighted by Crippen LogP contribution is 2.22. The molecule has 0 bridgehead atoms. The van der Waals surface area contributed by atoms with Gasteiger partial charge in [0.1, 0.15) is 5.52 Å². The topological polar surface area (TPSA) is 97.7 Å². The standard InChI is InChI=1S/C23H24F2N6O2/c1-14(2)33-10-9-31-22-20(6-5-19(30-22)15-3-4-17(24)18(25)11-15)29-21(23(31)32)27-8-7-16-12-26-13-28-16/h3-6,11-14H,7-10H2,1-2H3,(H,26,28)(H,27,29). The number of nitrogens with zero attached hydrogens (tertiary/aromatic N) is 4. The van der Waals surface area contributed by atoms with Crippen LogP contribution in [-0.4, -0.2) is 43.8 Å². The number of aromatic amines is 1. The first kappa shape index (κ1) is 22.5. The summed E-state index contributed by atoms with van der Waals surface area (Å²) in [6.07, 6.45) is 4.01. The summed E-state index contributed by atoms with van der Waals surface area (Å²) in [5.41, 5.74) is 2.16. The molecule has 10 heteroatoms. The van der Waals surface area contributed by atoms with Gasteiger partial charge < -0.3 is 15.0 Å². The van der Waals surface area contributed by atoms with E-state index in [9.17, 15) is 13.6 Å². The number of imidazole rings is 1. The van der Waals surface area contributed by atoms with Crippen LogP contribution in [0.5, 0.6) is 0 Å². The molecule has 0 unspecified atom stereocenters. The lowest BCUT2D eigenvalue weighted by Crippen LogP contribution is -2.28. The van der Waals surface area contributed by atoms with Crippen LogP contribution in [0.4, 0.5) is 14.6 Å². The lowest BCUT2D eigenvalue weighted by molar-refractivity contribution is 0.0728. The molecule has 0 saturated carbocycles. The highest BCUT2D eigenvalue weighted by molar-refractivity contribution is 5.76. The van der Waals surface area contributed by atoms with Crippen molar-refractivity contribution in [1.29, 1.82) is 0 Å². The van der Waals surface area contributed by atoms with Crippen molar-refractivity contribution in [2.24, 2.45) is 0 Å². The maximum atomic E-state index is 13.7. The van der Waals surface area contributed by atoms with Crippen molar-refractivity contribution < 1.29 is 13.5 Å². The van der Waals surface area contributed by atoms with Gasteiger partial charge in [0.2, 0.25) is 0 Å². The summed E-state index contributed by atoms with van der Waals surface area (Å²) in [7, 11) is 0. The normalized spacial score (nSPS) is 11.4. The van der Waals surface area contributed by atoms with Gasteiger partial charge in [-0.05, 0) is 44.2 Å². The third-order valence-electron chi connectivity index (χ3n) is 5.00. The number of hydrogen-bond donors (Lipinski definition) is 2. The summed E-state index contributed by atoms with van der Waals surface area (Å²) >= 11 is 0. The summed E-state index contributed by atoms with van der Waals surface area (Å²) in [5.74, 6) is -1.70. The first-order chi connectivity index (χ1) is 15.9. The van der Waals surface area contributed by atoms with Crippen LogP contribution in [-0.2, 0) is 17.7 Å². The van der Waals surface area contributed by atoms with Crippen molar-refractivity contribution in [1.82, 2.24) is 24.5 Å². The van der Waals surface area contributed by atoms with E-state index in [4.69, 9.17) is 4.74 Å². The highest BCUT2D eigenvalue weighted by atomic mass is 19.2. The minimum absolute atomic E-state index is 0.00552. The molecule has 3 aromatic heterocycles. The van der Waals surface area contributed by atoms with Crippen LogP contribution in [0.2, 0.25) is 0 Å². The van der Waals surface area contributed by atoms with Crippen LogP contribution >= 0.6 is 0 Å². The number of aromatic nitrogens is 5. The molecular formula is C23H24F2N6O2. The summed E-state index contributed by atoms with van der Waals surface area (Å²) in [4.78, 5) is 29.3. The number of anilines is 1. The van der Waals surface area contributed by atoms with Crippen LogP contribution in [0.15, 0.2) is 47.7 Å². The maximum absolute atomic E-state index is 13.7. The Morgan fingerprint density at radius 2 is 2.00 bits per heavy atom. The van der Waals surface area contributed by atoms with Crippen molar-refractivity contribution in [2.75, 3.05) is 18.5 Å². The van der Waals surface area contributed by atoms with E-state index in [1.54, 1.807) is 24.7 Å². The van der Waals surface area contributed by atoms with Crippen molar-refractivity contribution >= 4 is 17.0 Å². The van der Waals surface area contributed by atoms with E-state index in [0.717, 1.165) is 17.8 Å². The molecule has 172 valence electrons. The molecule has 8 nitrogen and oxygen atoms in total. The molecule has 33 heavy (non-hydrogen) atoms. The first-order valence-corrected chi connectivity index (χ1v) is 10.6. The van der Waals surface area contributed by atoms with Gasteiger partial charge in [-0.1, -0.05) is 0 Å². The Morgan fingerprint density at radius 3 is 2.73 bits per heavy atom. The highest BCUT2D eigenvalue weighted by Gasteiger charge is 2.15. The predicted molar refractivity (Wildman–Crippen MR) is 121 cm³/mol. The third-order valence-corrected chi connectivity index (χ3v) is 5.00. The van der Waals surface area contributed by atoms with Gasteiger partial charge in [-0.2, -0.15) is 0 Å². The second-order valence-electron chi connectivity index (χ2n) is 7.74. The van der Waals surface area contributed by atoms with Crippen LogP contribution in [0.1, 0.15) is 19.5 Å². The summed E-state index contributed by atoms with van der Waals surface area (Å²) < 4.78 is 34.2. The second-order valence-corrected chi connectivity index (χ2v) is 7.74. The fraction of sp³-hybridized carbons (Fsp3) is 0.304. The molecule has 4 rings (SSSR count). The third kappa shape index (κ3) is 5.23. The fourth-order valence-corrected chi connectivity index (χ4v) is 3.37. The summed E-state index contributed by atoms with van der Waals surface area (Å²) in [6, 6.07) is 6.93. The molecule has 0 aliphatic heterocycles. The number of rotatable bonds is 9.